The number of amides is 1. The summed E-state index contributed by atoms with van der Waals surface area (Å²) < 4.78 is 11.0. The molecular weight excluding hydrogens is 344 g/mol. The molecule has 144 valence electrons. The fraction of sp³-hybridized carbons (Fsp3) is 0.550. The van der Waals surface area contributed by atoms with Crippen LogP contribution in [0.25, 0.3) is 0 Å². The molecule has 0 aromatic carbocycles. The number of hydrogen-bond acceptors (Lipinski definition) is 6. The van der Waals surface area contributed by atoms with E-state index in [4.69, 9.17) is 9.26 Å². The van der Waals surface area contributed by atoms with Crippen molar-refractivity contribution in [2.45, 2.75) is 38.3 Å². The molecular formula is C20H26N4O3. The maximum atomic E-state index is 12.7. The van der Waals surface area contributed by atoms with Gasteiger partial charge in [0, 0.05) is 32.5 Å². The van der Waals surface area contributed by atoms with Crippen molar-refractivity contribution in [3.63, 3.8) is 0 Å². The van der Waals surface area contributed by atoms with Gasteiger partial charge in [0.25, 0.3) is 0 Å². The molecule has 0 bridgehead atoms. The van der Waals surface area contributed by atoms with Crippen LogP contribution < -0.4 is 5.32 Å². The monoisotopic (exact) mass is 370 g/mol. The van der Waals surface area contributed by atoms with Crippen LogP contribution in [-0.4, -0.2) is 53.3 Å². The fourth-order valence-electron chi connectivity index (χ4n) is 4.43. The van der Waals surface area contributed by atoms with Gasteiger partial charge in [0.05, 0.1) is 24.3 Å². The molecule has 2 fully saturated rings. The van der Waals surface area contributed by atoms with Crippen molar-refractivity contribution >= 4 is 11.7 Å². The number of hydrogen-bond donors (Lipinski definition) is 1. The normalized spacial score (nSPS) is 27.4. The number of nitrogens with zero attached hydrogens (tertiary/aromatic N) is 3. The van der Waals surface area contributed by atoms with Gasteiger partial charge in [0.2, 0.25) is 5.91 Å². The maximum absolute atomic E-state index is 12.7. The van der Waals surface area contributed by atoms with Crippen LogP contribution in [0, 0.1) is 18.8 Å². The lowest BCUT2D eigenvalue weighted by Gasteiger charge is -2.37. The van der Waals surface area contributed by atoms with E-state index < -0.39 is 0 Å². The van der Waals surface area contributed by atoms with Gasteiger partial charge in [0.15, 0.2) is 0 Å². The van der Waals surface area contributed by atoms with Gasteiger partial charge in [-0.05, 0) is 43.7 Å². The molecule has 2 aliphatic rings. The molecule has 2 aromatic heterocycles. The molecule has 27 heavy (non-hydrogen) atoms. The standard InChI is InChI=1S/C20H26N4O3/c1-13-7-16(27-23-13)10-20(25)24-11-14-8-17(18(26-2)9-15(14)12-24)22-19-5-3-4-6-21-19/h3-7,14-15,17-18H,8-12H2,1-2H3,(H,21,22)/t14-,15+,17-,18-/m1/s1. The quantitative estimate of drug-likeness (QED) is 0.870. The number of methoxy groups -OCH3 is 1. The van der Waals surface area contributed by atoms with Crippen molar-refractivity contribution in [3.8, 4) is 0 Å². The van der Waals surface area contributed by atoms with Crippen molar-refractivity contribution in [1.82, 2.24) is 15.0 Å². The van der Waals surface area contributed by atoms with Crippen LogP contribution in [0.2, 0.25) is 0 Å². The third-order valence-corrected chi connectivity index (χ3v) is 5.77. The summed E-state index contributed by atoms with van der Waals surface area (Å²) in [6.45, 7) is 3.46. The van der Waals surface area contributed by atoms with Crippen LogP contribution in [-0.2, 0) is 16.0 Å². The molecule has 3 heterocycles. The minimum atomic E-state index is 0.115. The maximum Gasteiger partial charge on any atom is 0.230 e. The van der Waals surface area contributed by atoms with Crippen LogP contribution >= 0.6 is 0 Å². The van der Waals surface area contributed by atoms with Gasteiger partial charge in [-0.3, -0.25) is 4.79 Å². The Bertz CT molecular complexity index is 779. The smallest absolute Gasteiger partial charge is 0.230 e. The molecule has 4 rings (SSSR count). The number of aromatic nitrogens is 2. The van der Waals surface area contributed by atoms with E-state index in [-0.39, 0.29) is 24.5 Å². The number of ether oxygens (including phenoxy) is 1. The first-order valence-corrected chi connectivity index (χ1v) is 9.52. The average Bonchev–Trinajstić information content (AvgIpc) is 3.27. The van der Waals surface area contributed by atoms with E-state index >= 15 is 0 Å². The molecule has 7 heteroatoms. The number of carbonyl (C=O) groups is 1. The molecule has 1 aliphatic carbocycles. The number of anilines is 1. The summed E-state index contributed by atoms with van der Waals surface area (Å²) in [6, 6.07) is 7.89. The Labute approximate surface area is 159 Å². The van der Waals surface area contributed by atoms with Crippen LogP contribution in [0.15, 0.2) is 35.0 Å². The molecule has 1 amide bonds. The summed E-state index contributed by atoms with van der Waals surface area (Å²) >= 11 is 0. The van der Waals surface area contributed by atoms with Crippen LogP contribution in [0.4, 0.5) is 5.82 Å². The fourth-order valence-corrected chi connectivity index (χ4v) is 4.43. The first kappa shape index (κ1) is 18.0. The number of aryl methyl sites for hydroxylation is 1. The van der Waals surface area contributed by atoms with Crippen molar-refractivity contribution in [2.24, 2.45) is 11.8 Å². The summed E-state index contributed by atoms with van der Waals surface area (Å²) in [5.41, 5.74) is 0.805. The lowest BCUT2D eigenvalue weighted by Crippen LogP contribution is -2.44. The molecule has 7 nitrogen and oxygen atoms in total. The Morgan fingerprint density at radius 1 is 1.33 bits per heavy atom. The van der Waals surface area contributed by atoms with Gasteiger partial charge in [0.1, 0.15) is 11.6 Å². The predicted molar refractivity (Wildman–Crippen MR) is 100 cm³/mol. The number of rotatable bonds is 5. The number of nitrogens with one attached hydrogen (secondary N) is 1. The zero-order valence-corrected chi connectivity index (χ0v) is 15.8. The van der Waals surface area contributed by atoms with Crippen molar-refractivity contribution in [3.05, 3.63) is 41.9 Å². The summed E-state index contributed by atoms with van der Waals surface area (Å²) in [5.74, 6) is 2.59. The number of pyridine rings is 1. The summed E-state index contributed by atoms with van der Waals surface area (Å²) in [7, 11) is 1.77. The summed E-state index contributed by atoms with van der Waals surface area (Å²) in [5, 5.41) is 7.38. The zero-order valence-electron chi connectivity index (χ0n) is 15.8. The topological polar surface area (TPSA) is 80.5 Å². The molecule has 1 saturated heterocycles. The Balaban J connectivity index is 1.39. The van der Waals surface area contributed by atoms with Gasteiger partial charge in [-0.25, -0.2) is 4.98 Å². The zero-order chi connectivity index (χ0) is 18.8. The second-order valence-corrected chi connectivity index (χ2v) is 7.64. The number of fused-ring (bicyclic) bond motifs is 1. The third-order valence-electron chi connectivity index (χ3n) is 5.77. The van der Waals surface area contributed by atoms with E-state index in [1.165, 1.54) is 0 Å². The van der Waals surface area contributed by atoms with E-state index in [0.717, 1.165) is 37.4 Å². The minimum absolute atomic E-state index is 0.115. The average molecular weight is 370 g/mol. The molecule has 0 spiro atoms. The lowest BCUT2D eigenvalue weighted by atomic mass is 9.77. The number of likely N-dealkylation sites (tertiary alicyclic amines) is 1. The Morgan fingerprint density at radius 2 is 2.15 bits per heavy atom. The molecule has 0 radical (unpaired) electrons. The van der Waals surface area contributed by atoms with Crippen molar-refractivity contribution in [1.29, 1.82) is 0 Å². The second kappa shape index (κ2) is 7.68. The van der Waals surface area contributed by atoms with E-state index in [1.807, 2.05) is 36.1 Å². The predicted octanol–water partition coefficient (Wildman–Crippen LogP) is 2.28. The van der Waals surface area contributed by atoms with E-state index in [2.05, 4.69) is 15.5 Å². The SMILES string of the molecule is CO[C@@H]1C[C@H]2CN(C(=O)Cc3cc(C)no3)C[C@H]2C[C@H]1Nc1ccccn1. The third kappa shape index (κ3) is 3.98. The first-order chi connectivity index (χ1) is 13.1. The highest BCUT2D eigenvalue weighted by Gasteiger charge is 2.43. The van der Waals surface area contributed by atoms with Gasteiger partial charge in [-0.15, -0.1) is 0 Å². The van der Waals surface area contributed by atoms with Crippen molar-refractivity contribution in [2.75, 3.05) is 25.5 Å². The first-order valence-electron chi connectivity index (χ1n) is 9.52. The molecule has 0 unspecified atom stereocenters. The van der Waals surface area contributed by atoms with E-state index in [9.17, 15) is 4.79 Å². The second-order valence-electron chi connectivity index (χ2n) is 7.64. The number of carbonyl (C=O) groups excluding carboxylic acids is 1. The lowest BCUT2D eigenvalue weighted by molar-refractivity contribution is -0.130. The highest BCUT2D eigenvalue weighted by Crippen LogP contribution is 2.38. The van der Waals surface area contributed by atoms with Gasteiger partial charge >= 0.3 is 0 Å². The minimum Gasteiger partial charge on any atom is -0.379 e. The summed E-state index contributed by atoms with van der Waals surface area (Å²) in [4.78, 5) is 19.0. The van der Waals surface area contributed by atoms with Crippen LogP contribution in [0.3, 0.4) is 0 Å². The molecule has 1 N–H and O–H groups in total. The van der Waals surface area contributed by atoms with Gasteiger partial charge in [-0.2, -0.15) is 0 Å². The van der Waals surface area contributed by atoms with E-state index in [0.29, 0.717) is 17.6 Å². The van der Waals surface area contributed by atoms with Gasteiger partial charge in [-0.1, -0.05) is 11.2 Å². The van der Waals surface area contributed by atoms with Gasteiger partial charge < -0.3 is 19.5 Å². The highest BCUT2D eigenvalue weighted by molar-refractivity contribution is 5.78. The van der Waals surface area contributed by atoms with Crippen LogP contribution in [0.1, 0.15) is 24.3 Å². The summed E-state index contributed by atoms with van der Waals surface area (Å²) in [6.07, 6.45) is 4.13. The van der Waals surface area contributed by atoms with Crippen LogP contribution in [0.5, 0.6) is 0 Å². The molecule has 2 aromatic rings. The largest absolute Gasteiger partial charge is 0.379 e. The van der Waals surface area contributed by atoms with Crippen molar-refractivity contribution < 1.29 is 14.1 Å². The Morgan fingerprint density at radius 3 is 2.81 bits per heavy atom. The Kier molecular flexibility index (Phi) is 5.11. The van der Waals surface area contributed by atoms with E-state index in [1.54, 1.807) is 13.3 Å². The molecule has 1 saturated carbocycles. The molecule has 4 atom stereocenters. The molecule has 1 aliphatic heterocycles. The highest BCUT2D eigenvalue weighted by atomic mass is 16.5. The Hall–Kier alpha value is -2.41.